The monoisotopic (exact) mass is 475 g/mol. The minimum absolute atomic E-state index is 0.101. The first-order valence-corrected chi connectivity index (χ1v) is 11.5. The van der Waals surface area contributed by atoms with Crippen LogP contribution in [-0.2, 0) is 22.5 Å². The summed E-state index contributed by atoms with van der Waals surface area (Å²) < 4.78 is 7.01. The van der Waals surface area contributed by atoms with Gasteiger partial charge in [-0.3, -0.25) is 14.5 Å². The Morgan fingerprint density at radius 3 is 2.97 bits per heavy atom. The second-order valence-corrected chi connectivity index (χ2v) is 8.53. The van der Waals surface area contributed by atoms with E-state index >= 15 is 0 Å². The van der Waals surface area contributed by atoms with Crippen molar-refractivity contribution in [1.82, 2.24) is 19.9 Å². The van der Waals surface area contributed by atoms with Crippen molar-refractivity contribution in [3.63, 3.8) is 0 Å². The first-order chi connectivity index (χ1) is 15.6. The van der Waals surface area contributed by atoms with Gasteiger partial charge in [0.15, 0.2) is 5.13 Å². The molecule has 10 heteroatoms. The van der Waals surface area contributed by atoms with Crippen LogP contribution < -0.4 is 10.2 Å². The SMILES string of the molecule is COCCC(=O)N(CCc1cccc(Cl)c1)c1ncc(C(=O)NCCCn2ccnc2)s1. The Kier molecular flexibility index (Phi) is 9.21. The lowest BCUT2D eigenvalue weighted by Gasteiger charge is -2.20. The van der Waals surface area contributed by atoms with Crippen molar-refractivity contribution in [3.05, 3.63) is 64.6 Å². The number of benzene rings is 1. The number of methoxy groups -OCH3 is 1. The summed E-state index contributed by atoms with van der Waals surface area (Å²) in [6, 6.07) is 7.54. The van der Waals surface area contributed by atoms with E-state index in [9.17, 15) is 9.59 Å². The highest BCUT2D eigenvalue weighted by atomic mass is 35.5. The standard InChI is InChI=1S/C22H26ClN5O3S/c1-31-13-7-20(29)28(11-6-17-4-2-5-18(23)14-17)22-26-15-19(32-22)21(30)25-8-3-10-27-12-9-24-16-27/h2,4-5,9,12,14-16H,3,6-8,10-11,13H2,1H3,(H,25,30). The Hall–Kier alpha value is -2.75. The van der Waals surface area contributed by atoms with Crippen LogP contribution in [0.5, 0.6) is 0 Å². The Morgan fingerprint density at radius 1 is 1.34 bits per heavy atom. The van der Waals surface area contributed by atoms with E-state index in [4.69, 9.17) is 16.3 Å². The fourth-order valence-electron chi connectivity index (χ4n) is 3.05. The maximum absolute atomic E-state index is 12.8. The van der Waals surface area contributed by atoms with Gasteiger partial charge in [-0.25, -0.2) is 9.97 Å². The highest BCUT2D eigenvalue weighted by molar-refractivity contribution is 7.17. The van der Waals surface area contributed by atoms with Crippen LogP contribution in [0.4, 0.5) is 5.13 Å². The number of hydrogen-bond donors (Lipinski definition) is 1. The molecule has 0 fully saturated rings. The fourth-order valence-corrected chi connectivity index (χ4v) is 4.14. The van der Waals surface area contributed by atoms with Crippen LogP contribution in [0.15, 0.2) is 49.2 Å². The minimum atomic E-state index is -0.196. The van der Waals surface area contributed by atoms with Crippen molar-refractivity contribution < 1.29 is 14.3 Å². The molecule has 8 nitrogen and oxygen atoms in total. The van der Waals surface area contributed by atoms with Crippen molar-refractivity contribution in [1.29, 1.82) is 0 Å². The number of thiazole rings is 1. The largest absolute Gasteiger partial charge is 0.384 e. The highest BCUT2D eigenvalue weighted by Crippen LogP contribution is 2.24. The zero-order chi connectivity index (χ0) is 22.8. The van der Waals surface area contributed by atoms with Gasteiger partial charge >= 0.3 is 0 Å². The molecule has 170 valence electrons. The molecule has 1 aromatic carbocycles. The number of rotatable bonds is 12. The van der Waals surface area contributed by atoms with Gasteiger partial charge < -0.3 is 14.6 Å². The number of hydrogen-bond acceptors (Lipinski definition) is 6. The topological polar surface area (TPSA) is 89.4 Å². The van der Waals surface area contributed by atoms with E-state index in [-0.39, 0.29) is 18.2 Å². The Bertz CT molecular complexity index is 1010. The van der Waals surface area contributed by atoms with Gasteiger partial charge in [0.1, 0.15) is 4.88 Å². The number of nitrogens with one attached hydrogen (secondary N) is 1. The maximum Gasteiger partial charge on any atom is 0.263 e. The van der Waals surface area contributed by atoms with Crippen LogP contribution in [-0.4, -0.2) is 53.2 Å². The average molecular weight is 476 g/mol. The summed E-state index contributed by atoms with van der Waals surface area (Å²) in [4.78, 5) is 35.7. The molecule has 1 N–H and O–H groups in total. The van der Waals surface area contributed by atoms with Gasteiger partial charge in [0.05, 0.1) is 25.6 Å². The molecular weight excluding hydrogens is 450 g/mol. The van der Waals surface area contributed by atoms with Gasteiger partial charge in [-0.2, -0.15) is 0 Å². The Morgan fingerprint density at radius 2 is 2.22 bits per heavy atom. The second-order valence-electron chi connectivity index (χ2n) is 7.09. The van der Waals surface area contributed by atoms with E-state index in [1.54, 1.807) is 24.5 Å². The van der Waals surface area contributed by atoms with Gasteiger partial charge in [0.2, 0.25) is 5.91 Å². The number of anilines is 1. The molecule has 0 unspecified atom stereocenters. The molecule has 2 heterocycles. The molecule has 2 aromatic heterocycles. The average Bonchev–Trinajstić information content (AvgIpc) is 3.48. The fraction of sp³-hybridized carbons (Fsp3) is 0.364. The molecule has 0 radical (unpaired) electrons. The summed E-state index contributed by atoms with van der Waals surface area (Å²) in [5, 5.41) is 4.05. The van der Waals surface area contributed by atoms with E-state index in [1.165, 1.54) is 17.5 Å². The second kappa shape index (κ2) is 12.3. The van der Waals surface area contributed by atoms with Crippen molar-refractivity contribution in [2.45, 2.75) is 25.8 Å². The number of amides is 2. The van der Waals surface area contributed by atoms with Crippen molar-refractivity contribution >= 4 is 39.9 Å². The number of aromatic nitrogens is 3. The third kappa shape index (κ3) is 7.15. The maximum atomic E-state index is 12.8. The lowest BCUT2D eigenvalue weighted by molar-refractivity contribution is -0.119. The van der Waals surface area contributed by atoms with Crippen molar-refractivity contribution in [2.75, 3.05) is 31.7 Å². The van der Waals surface area contributed by atoms with E-state index in [2.05, 4.69) is 15.3 Å². The number of ether oxygens (including phenoxy) is 1. The zero-order valence-corrected chi connectivity index (χ0v) is 19.4. The highest BCUT2D eigenvalue weighted by Gasteiger charge is 2.20. The molecule has 3 aromatic rings. The number of nitrogens with zero attached hydrogens (tertiary/aromatic N) is 4. The van der Waals surface area contributed by atoms with Crippen molar-refractivity contribution in [3.8, 4) is 0 Å². The third-order valence-corrected chi connectivity index (χ3v) is 5.97. The van der Waals surface area contributed by atoms with Crippen LogP contribution in [0.3, 0.4) is 0 Å². The zero-order valence-electron chi connectivity index (χ0n) is 17.9. The van der Waals surface area contributed by atoms with Crippen LogP contribution >= 0.6 is 22.9 Å². The van der Waals surface area contributed by atoms with E-state index in [0.717, 1.165) is 18.5 Å². The smallest absolute Gasteiger partial charge is 0.263 e. The lowest BCUT2D eigenvalue weighted by Crippen LogP contribution is -2.33. The summed E-state index contributed by atoms with van der Waals surface area (Å²) in [5.41, 5.74) is 1.02. The van der Waals surface area contributed by atoms with E-state index in [1.807, 2.05) is 35.0 Å². The number of carbonyl (C=O) groups excluding carboxylic acids is 2. The molecule has 0 aliphatic carbocycles. The number of carbonyl (C=O) groups is 2. The van der Waals surface area contributed by atoms with Gasteiger partial charge in [-0.1, -0.05) is 35.1 Å². The third-order valence-electron chi connectivity index (χ3n) is 4.72. The predicted octanol–water partition coefficient (Wildman–Crippen LogP) is 3.43. The van der Waals surface area contributed by atoms with Crippen LogP contribution in [0.1, 0.15) is 28.1 Å². The van der Waals surface area contributed by atoms with E-state index < -0.39 is 0 Å². The Labute approximate surface area is 196 Å². The summed E-state index contributed by atoms with van der Waals surface area (Å²) in [7, 11) is 1.56. The molecule has 0 saturated carbocycles. The molecule has 0 bridgehead atoms. The number of aryl methyl sites for hydroxylation is 1. The van der Waals surface area contributed by atoms with Gasteiger partial charge in [0, 0.05) is 44.2 Å². The molecule has 32 heavy (non-hydrogen) atoms. The van der Waals surface area contributed by atoms with Gasteiger partial charge in [0.25, 0.3) is 5.91 Å². The first-order valence-electron chi connectivity index (χ1n) is 10.3. The molecule has 0 spiro atoms. The molecule has 0 aliphatic rings. The molecule has 2 amide bonds. The summed E-state index contributed by atoms with van der Waals surface area (Å²) in [5.74, 6) is -0.297. The molecule has 3 rings (SSSR count). The normalized spacial score (nSPS) is 10.8. The predicted molar refractivity (Wildman–Crippen MR) is 125 cm³/mol. The molecule has 0 aliphatic heterocycles. The van der Waals surface area contributed by atoms with Crippen molar-refractivity contribution in [2.24, 2.45) is 0 Å². The van der Waals surface area contributed by atoms with E-state index in [0.29, 0.717) is 41.1 Å². The van der Waals surface area contributed by atoms with Crippen LogP contribution in [0, 0.1) is 0 Å². The minimum Gasteiger partial charge on any atom is -0.384 e. The van der Waals surface area contributed by atoms with Crippen LogP contribution in [0.25, 0.3) is 0 Å². The summed E-state index contributed by atoms with van der Waals surface area (Å²) in [6.07, 6.45) is 8.52. The number of imidazole rings is 1. The lowest BCUT2D eigenvalue weighted by atomic mass is 10.1. The first kappa shape index (κ1) is 23.9. The molecule has 0 atom stereocenters. The molecular formula is C22H26ClN5O3S. The van der Waals surface area contributed by atoms with Gasteiger partial charge in [-0.05, 0) is 30.5 Å². The quantitative estimate of drug-likeness (QED) is 0.405. The number of halogens is 1. The summed E-state index contributed by atoms with van der Waals surface area (Å²) >= 11 is 7.28. The van der Waals surface area contributed by atoms with Gasteiger partial charge in [-0.15, -0.1) is 0 Å². The van der Waals surface area contributed by atoms with Crippen LogP contribution in [0.2, 0.25) is 5.02 Å². The molecule has 0 saturated heterocycles. The Balaban J connectivity index is 1.60. The summed E-state index contributed by atoms with van der Waals surface area (Å²) in [6.45, 7) is 2.07.